The standard InChI is InChI=1S/C19H21N3O3/c1-25-19(24)16-7-5-6-15(21-16)18(23)22-13-4-2-3-8-17(22)14-9-11-20-12-10-14/h5-7,9-12,17H,2-4,8,13H2,1H3. The lowest BCUT2D eigenvalue weighted by Gasteiger charge is -2.30. The predicted molar refractivity (Wildman–Crippen MR) is 92.1 cm³/mol. The molecule has 3 rings (SSSR count). The number of likely N-dealkylation sites (tertiary alicyclic amines) is 1. The van der Waals surface area contributed by atoms with Gasteiger partial charge in [-0.15, -0.1) is 0 Å². The largest absolute Gasteiger partial charge is 0.464 e. The molecule has 6 heteroatoms. The Morgan fingerprint density at radius 1 is 1.08 bits per heavy atom. The summed E-state index contributed by atoms with van der Waals surface area (Å²) < 4.78 is 4.69. The van der Waals surface area contributed by atoms with Gasteiger partial charge in [0.1, 0.15) is 11.4 Å². The van der Waals surface area contributed by atoms with E-state index in [1.807, 2.05) is 17.0 Å². The van der Waals surface area contributed by atoms with Crippen LogP contribution in [0.3, 0.4) is 0 Å². The molecule has 2 aromatic heterocycles. The highest BCUT2D eigenvalue weighted by Gasteiger charge is 2.28. The first-order valence-electron chi connectivity index (χ1n) is 8.47. The number of carbonyl (C=O) groups is 2. The van der Waals surface area contributed by atoms with E-state index in [1.165, 1.54) is 7.11 Å². The van der Waals surface area contributed by atoms with Crippen LogP contribution in [0.1, 0.15) is 58.3 Å². The van der Waals surface area contributed by atoms with Gasteiger partial charge in [0.15, 0.2) is 0 Å². The van der Waals surface area contributed by atoms with E-state index in [-0.39, 0.29) is 23.3 Å². The van der Waals surface area contributed by atoms with Crippen molar-refractivity contribution in [1.82, 2.24) is 14.9 Å². The van der Waals surface area contributed by atoms with Crippen LogP contribution in [0.4, 0.5) is 0 Å². The van der Waals surface area contributed by atoms with Crippen molar-refractivity contribution in [1.29, 1.82) is 0 Å². The normalized spacial score (nSPS) is 17.6. The molecule has 1 fully saturated rings. The Kier molecular flexibility index (Phi) is 5.38. The van der Waals surface area contributed by atoms with Gasteiger partial charge in [0.2, 0.25) is 0 Å². The van der Waals surface area contributed by atoms with Gasteiger partial charge in [-0.25, -0.2) is 9.78 Å². The van der Waals surface area contributed by atoms with Crippen molar-refractivity contribution in [3.63, 3.8) is 0 Å². The van der Waals surface area contributed by atoms with E-state index in [0.29, 0.717) is 6.54 Å². The molecule has 130 valence electrons. The molecule has 2 aromatic rings. The van der Waals surface area contributed by atoms with Crippen LogP contribution >= 0.6 is 0 Å². The zero-order valence-corrected chi connectivity index (χ0v) is 14.2. The quantitative estimate of drug-likeness (QED) is 0.804. The third kappa shape index (κ3) is 3.84. The van der Waals surface area contributed by atoms with Gasteiger partial charge in [-0.2, -0.15) is 0 Å². The second-order valence-corrected chi connectivity index (χ2v) is 6.04. The molecule has 0 radical (unpaired) electrons. The molecule has 6 nitrogen and oxygen atoms in total. The lowest BCUT2D eigenvalue weighted by atomic mass is 10.0. The number of hydrogen-bond acceptors (Lipinski definition) is 5. The average Bonchev–Trinajstić information content (AvgIpc) is 2.93. The fraction of sp³-hybridized carbons (Fsp3) is 0.368. The summed E-state index contributed by atoms with van der Waals surface area (Å²) in [6, 6.07) is 8.75. The highest BCUT2D eigenvalue weighted by molar-refractivity contribution is 5.94. The third-order valence-electron chi connectivity index (χ3n) is 4.47. The summed E-state index contributed by atoms with van der Waals surface area (Å²) in [5.41, 5.74) is 1.49. The summed E-state index contributed by atoms with van der Waals surface area (Å²) >= 11 is 0. The van der Waals surface area contributed by atoms with E-state index >= 15 is 0 Å². The van der Waals surface area contributed by atoms with Crippen LogP contribution in [0, 0.1) is 0 Å². The van der Waals surface area contributed by atoms with Crippen LogP contribution in [0.2, 0.25) is 0 Å². The van der Waals surface area contributed by atoms with Crippen LogP contribution in [0.5, 0.6) is 0 Å². The maximum absolute atomic E-state index is 13.1. The fourth-order valence-corrected chi connectivity index (χ4v) is 3.20. The Labute approximate surface area is 146 Å². The van der Waals surface area contributed by atoms with Gasteiger partial charge in [0.25, 0.3) is 5.91 Å². The van der Waals surface area contributed by atoms with Gasteiger partial charge in [-0.3, -0.25) is 9.78 Å². The summed E-state index contributed by atoms with van der Waals surface area (Å²) in [4.78, 5) is 34.9. The highest BCUT2D eigenvalue weighted by Crippen LogP contribution is 2.30. The summed E-state index contributed by atoms with van der Waals surface area (Å²) in [7, 11) is 1.30. The van der Waals surface area contributed by atoms with Crippen molar-refractivity contribution >= 4 is 11.9 Å². The second-order valence-electron chi connectivity index (χ2n) is 6.04. The van der Waals surface area contributed by atoms with Gasteiger partial charge in [-0.05, 0) is 42.7 Å². The van der Waals surface area contributed by atoms with Crippen molar-refractivity contribution in [3.8, 4) is 0 Å². The van der Waals surface area contributed by atoms with Crippen molar-refractivity contribution < 1.29 is 14.3 Å². The van der Waals surface area contributed by atoms with Crippen LogP contribution in [0.15, 0.2) is 42.7 Å². The average molecular weight is 339 g/mol. The SMILES string of the molecule is COC(=O)c1cccc(C(=O)N2CCCCCC2c2ccncc2)n1. The van der Waals surface area contributed by atoms with E-state index in [9.17, 15) is 9.59 Å². The predicted octanol–water partition coefficient (Wildman–Crippen LogP) is 3.02. The molecular weight excluding hydrogens is 318 g/mol. The molecule has 0 aromatic carbocycles. The summed E-state index contributed by atoms with van der Waals surface area (Å²) in [5, 5.41) is 0. The number of hydrogen-bond donors (Lipinski definition) is 0. The van der Waals surface area contributed by atoms with Crippen LogP contribution in [-0.2, 0) is 4.74 Å². The molecule has 1 aliphatic rings. The van der Waals surface area contributed by atoms with Crippen LogP contribution < -0.4 is 0 Å². The van der Waals surface area contributed by atoms with E-state index in [1.54, 1.807) is 30.6 Å². The Hall–Kier alpha value is -2.76. The molecule has 25 heavy (non-hydrogen) atoms. The molecular formula is C19H21N3O3. The molecule has 0 bridgehead atoms. The summed E-state index contributed by atoms with van der Waals surface area (Å²) in [6.45, 7) is 0.677. The first-order chi connectivity index (χ1) is 12.2. The smallest absolute Gasteiger partial charge is 0.356 e. The summed E-state index contributed by atoms with van der Waals surface area (Å²) in [5.74, 6) is -0.703. The van der Waals surface area contributed by atoms with E-state index in [0.717, 1.165) is 31.2 Å². The minimum absolute atomic E-state index is 0.00147. The zero-order valence-electron chi connectivity index (χ0n) is 14.2. The maximum Gasteiger partial charge on any atom is 0.356 e. The number of rotatable bonds is 3. The number of carbonyl (C=O) groups excluding carboxylic acids is 2. The number of methoxy groups -OCH3 is 1. The highest BCUT2D eigenvalue weighted by atomic mass is 16.5. The Morgan fingerprint density at radius 3 is 2.60 bits per heavy atom. The van der Waals surface area contributed by atoms with Crippen molar-refractivity contribution in [3.05, 3.63) is 59.7 Å². The van der Waals surface area contributed by atoms with Gasteiger partial charge in [0.05, 0.1) is 13.2 Å². The fourth-order valence-electron chi connectivity index (χ4n) is 3.20. The number of aromatic nitrogens is 2. The number of pyridine rings is 2. The van der Waals surface area contributed by atoms with Crippen molar-refractivity contribution in [2.24, 2.45) is 0 Å². The molecule has 1 aliphatic heterocycles. The Bertz CT molecular complexity index is 749. The monoisotopic (exact) mass is 339 g/mol. The molecule has 0 spiro atoms. The minimum Gasteiger partial charge on any atom is -0.464 e. The number of nitrogens with zero attached hydrogens (tertiary/aromatic N) is 3. The number of esters is 1. The molecule has 0 aliphatic carbocycles. The summed E-state index contributed by atoms with van der Waals surface area (Å²) in [6.07, 6.45) is 7.54. The third-order valence-corrected chi connectivity index (χ3v) is 4.47. The minimum atomic E-state index is -0.545. The van der Waals surface area contributed by atoms with Gasteiger partial charge in [0, 0.05) is 18.9 Å². The van der Waals surface area contributed by atoms with Crippen molar-refractivity contribution in [2.75, 3.05) is 13.7 Å². The maximum atomic E-state index is 13.1. The van der Waals surface area contributed by atoms with E-state index < -0.39 is 5.97 Å². The zero-order chi connectivity index (χ0) is 17.6. The van der Waals surface area contributed by atoms with Gasteiger partial charge in [-0.1, -0.05) is 18.9 Å². The molecule has 0 saturated carbocycles. The Balaban J connectivity index is 1.91. The molecule has 1 unspecified atom stereocenters. The van der Waals surface area contributed by atoms with Gasteiger partial charge < -0.3 is 9.64 Å². The molecule has 3 heterocycles. The van der Waals surface area contributed by atoms with E-state index in [2.05, 4.69) is 9.97 Å². The lowest BCUT2D eigenvalue weighted by molar-refractivity contribution is 0.0593. The molecule has 1 saturated heterocycles. The topological polar surface area (TPSA) is 72.4 Å². The van der Waals surface area contributed by atoms with Crippen LogP contribution in [0.25, 0.3) is 0 Å². The molecule has 1 atom stereocenters. The first kappa shape index (κ1) is 17.1. The number of ether oxygens (including phenoxy) is 1. The van der Waals surface area contributed by atoms with Gasteiger partial charge >= 0.3 is 5.97 Å². The van der Waals surface area contributed by atoms with Crippen molar-refractivity contribution in [2.45, 2.75) is 31.7 Å². The van der Waals surface area contributed by atoms with E-state index in [4.69, 9.17) is 4.74 Å². The molecule has 1 amide bonds. The van der Waals surface area contributed by atoms with Crippen LogP contribution in [-0.4, -0.2) is 40.4 Å². The lowest BCUT2D eigenvalue weighted by Crippen LogP contribution is -2.35. The second kappa shape index (κ2) is 7.88. The molecule has 0 N–H and O–H groups in total. The Morgan fingerprint density at radius 2 is 1.84 bits per heavy atom. The first-order valence-corrected chi connectivity index (χ1v) is 8.47. The number of amides is 1.